The minimum absolute atomic E-state index is 0.297. The number of rotatable bonds is 4. The van der Waals surface area contributed by atoms with Crippen molar-refractivity contribution in [3.8, 4) is 16.9 Å². The smallest absolute Gasteiger partial charge is 0.165 e. The van der Waals surface area contributed by atoms with Gasteiger partial charge >= 0.3 is 0 Å². The van der Waals surface area contributed by atoms with Crippen LogP contribution in [0.3, 0.4) is 0 Å². The van der Waals surface area contributed by atoms with E-state index in [-0.39, 0.29) is 5.82 Å². The molecular weight excluding hydrogens is 287 g/mol. The molecule has 2 aromatic rings. The van der Waals surface area contributed by atoms with Crippen LogP contribution in [0.15, 0.2) is 42.5 Å². The molecule has 0 bridgehead atoms. The number of hydrogen-bond acceptors (Lipinski definition) is 1. The summed E-state index contributed by atoms with van der Waals surface area (Å²) in [6, 6.07) is 13.8. The van der Waals surface area contributed by atoms with Gasteiger partial charge in [0.05, 0.1) is 6.61 Å². The van der Waals surface area contributed by atoms with Gasteiger partial charge in [0.15, 0.2) is 11.6 Å². The van der Waals surface area contributed by atoms with E-state index >= 15 is 0 Å². The van der Waals surface area contributed by atoms with E-state index in [1.165, 1.54) is 31.2 Å². The molecule has 1 nitrogen and oxygen atoms in total. The van der Waals surface area contributed by atoms with E-state index in [4.69, 9.17) is 4.74 Å². The topological polar surface area (TPSA) is 9.23 Å². The second-order valence-corrected chi connectivity index (χ2v) is 6.66. The molecule has 0 atom stereocenters. The fraction of sp³-hybridized carbons (Fsp3) is 0.429. The molecule has 0 amide bonds. The van der Waals surface area contributed by atoms with Crippen molar-refractivity contribution in [2.45, 2.75) is 45.4 Å². The second-order valence-electron chi connectivity index (χ2n) is 6.66. The molecule has 1 aliphatic rings. The van der Waals surface area contributed by atoms with E-state index in [0.29, 0.717) is 18.3 Å². The normalized spacial score (nSPS) is 21.2. The van der Waals surface area contributed by atoms with E-state index in [1.54, 1.807) is 12.1 Å². The lowest BCUT2D eigenvalue weighted by Crippen LogP contribution is -2.10. The zero-order valence-electron chi connectivity index (χ0n) is 14.0. The first-order chi connectivity index (χ1) is 11.2. The summed E-state index contributed by atoms with van der Waals surface area (Å²) in [4.78, 5) is 0. The maximum absolute atomic E-state index is 14.0. The van der Waals surface area contributed by atoms with Gasteiger partial charge in [0.1, 0.15) is 0 Å². The highest BCUT2D eigenvalue weighted by molar-refractivity contribution is 5.64. The second kappa shape index (κ2) is 7.16. The Bertz CT molecular complexity index is 639. The van der Waals surface area contributed by atoms with Gasteiger partial charge in [0.25, 0.3) is 0 Å². The Kier molecular flexibility index (Phi) is 5.00. The number of hydrogen-bond donors (Lipinski definition) is 0. The quantitative estimate of drug-likeness (QED) is 0.654. The molecule has 0 radical (unpaired) electrons. The van der Waals surface area contributed by atoms with E-state index in [1.807, 2.05) is 13.0 Å². The Morgan fingerprint density at radius 3 is 2.22 bits per heavy atom. The number of ether oxygens (including phenoxy) is 1. The van der Waals surface area contributed by atoms with Crippen LogP contribution in [-0.4, -0.2) is 6.61 Å². The molecule has 2 aromatic carbocycles. The van der Waals surface area contributed by atoms with E-state index < -0.39 is 0 Å². The van der Waals surface area contributed by atoms with Crippen molar-refractivity contribution in [1.29, 1.82) is 0 Å². The van der Waals surface area contributed by atoms with Crippen molar-refractivity contribution in [2.75, 3.05) is 6.61 Å². The largest absolute Gasteiger partial charge is 0.491 e. The van der Waals surface area contributed by atoms with Crippen molar-refractivity contribution in [3.05, 3.63) is 53.8 Å². The predicted octanol–water partition coefficient (Wildman–Crippen LogP) is 6.19. The molecule has 0 spiro atoms. The first-order valence-corrected chi connectivity index (χ1v) is 8.70. The van der Waals surface area contributed by atoms with Crippen molar-refractivity contribution in [3.63, 3.8) is 0 Å². The average molecular weight is 312 g/mol. The van der Waals surface area contributed by atoms with Crippen molar-refractivity contribution in [2.24, 2.45) is 5.92 Å². The molecule has 1 saturated carbocycles. The summed E-state index contributed by atoms with van der Waals surface area (Å²) < 4.78 is 19.3. The van der Waals surface area contributed by atoms with Crippen LogP contribution in [-0.2, 0) is 0 Å². The van der Waals surface area contributed by atoms with Crippen LogP contribution in [0, 0.1) is 11.7 Å². The van der Waals surface area contributed by atoms with Crippen molar-refractivity contribution < 1.29 is 9.13 Å². The van der Waals surface area contributed by atoms with Gasteiger partial charge in [-0.1, -0.05) is 50.1 Å². The summed E-state index contributed by atoms with van der Waals surface area (Å²) in [5.74, 6) is 1.59. The molecule has 0 aromatic heterocycles. The van der Waals surface area contributed by atoms with E-state index in [0.717, 1.165) is 17.0 Å². The van der Waals surface area contributed by atoms with Crippen LogP contribution in [0.1, 0.15) is 51.0 Å². The van der Waals surface area contributed by atoms with Gasteiger partial charge in [-0.3, -0.25) is 0 Å². The number of halogens is 1. The molecule has 0 saturated heterocycles. The molecule has 0 heterocycles. The van der Waals surface area contributed by atoms with Gasteiger partial charge in [-0.25, -0.2) is 4.39 Å². The summed E-state index contributed by atoms with van der Waals surface area (Å²) in [7, 11) is 0. The predicted molar refractivity (Wildman–Crippen MR) is 93.4 cm³/mol. The fourth-order valence-corrected chi connectivity index (χ4v) is 3.49. The van der Waals surface area contributed by atoms with Crippen LogP contribution < -0.4 is 4.74 Å². The Morgan fingerprint density at radius 1 is 0.957 bits per heavy atom. The molecule has 0 N–H and O–H groups in total. The molecule has 1 fully saturated rings. The fourth-order valence-electron chi connectivity index (χ4n) is 3.49. The van der Waals surface area contributed by atoms with Crippen molar-refractivity contribution >= 4 is 0 Å². The Morgan fingerprint density at radius 2 is 1.61 bits per heavy atom. The Balaban J connectivity index is 1.75. The third kappa shape index (κ3) is 3.74. The molecule has 0 unspecified atom stereocenters. The SMILES string of the molecule is CCOc1ccc(-c2ccc(C3CCC(C)CC3)cc2)cc1F. The summed E-state index contributed by atoms with van der Waals surface area (Å²) in [5.41, 5.74) is 3.38. The minimum Gasteiger partial charge on any atom is -0.491 e. The molecule has 1 aliphatic carbocycles. The maximum Gasteiger partial charge on any atom is 0.165 e. The van der Waals surface area contributed by atoms with Crippen LogP contribution in [0.5, 0.6) is 5.75 Å². The summed E-state index contributed by atoms with van der Waals surface area (Å²) in [5, 5.41) is 0. The van der Waals surface area contributed by atoms with Crippen LogP contribution in [0.25, 0.3) is 11.1 Å². The lowest BCUT2D eigenvalue weighted by molar-refractivity contribution is 0.321. The van der Waals surface area contributed by atoms with Gasteiger partial charge in [0, 0.05) is 0 Å². The molecule has 122 valence electrons. The van der Waals surface area contributed by atoms with Gasteiger partial charge < -0.3 is 4.74 Å². The van der Waals surface area contributed by atoms with Gasteiger partial charge in [-0.05, 0) is 60.4 Å². The molecule has 0 aliphatic heterocycles. The van der Waals surface area contributed by atoms with E-state index in [9.17, 15) is 4.39 Å². The van der Waals surface area contributed by atoms with E-state index in [2.05, 4.69) is 31.2 Å². The van der Waals surface area contributed by atoms with Crippen LogP contribution in [0.2, 0.25) is 0 Å². The highest BCUT2D eigenvalue weighted by atomic mass is 19.1. The van der Waals surface area contributed by atoms with Crippen molar-refractivity contribution in [1.82, 2.24) is 0 Å². The molecular formula is C21H25FO. The minimum atomic E-state index is -0.297. The summed E-state index contributed by atoms with van der Waals surface area (Å²) >= 11 is 0. The van der Waals surface area contributed by atoms with Crippen LogP contribution in [0.4, 0.5) is 4.39 Å². The lowest BCUT2D eigenvalue weighted by atomic mass is 9.79. The van der Waals surface area contributed by atoms with Crippen LogP contribution >= 0.6 is 0 Å². The highest BCUT2D eigenvalue weighted by Gasteiger charge is 2.19. The first kappa shape index (κ1) is 16.0. The van der Waals surface area contributed by atoms with Gasteiger partial charge in [-0.2, -0.15) is 0 Å². The zero-order chi connectivity index (χ0) is 16.2. The molecule has 23 heavy (non-hydrogen) atoms. The summed E-state index contributed by atoms with van der Waals surface area (Å²) in [6.45, 7) is 4.68. The maximum atomic E-state index is 14.0. The highest BCUT2D eigenvalue weighted by Crippen LogP contribution is 2.36. The molecule has 3 rings (SSSR count). The Labute approximate surface area is 138 Å². The molecule has 2 heteroatoms. The zero-order valence-corrected chi connectivity index (χ0v) is 14.0. The van der Waals surface area contributed by atoms with Gasteiger partial charge in [-0.15, -0.1) is 0 Å². The monoisotopic (exact) mass is 312 g/mol. The Hall–Kier alpha value is -1.83. The first-order valence-electron chi connectivity index (χ1n) is 8.70. The summed E-state index contributed by atoms with van der Waals surface area (Å²) in [6.07, 6.45) is 5.24. The lowest BCUT2D eigenvalue weighted by Gasteiger charge is -2.26. The average Bonchev–Trinajstić information content (AvgIpc) is 2.58. The third-order valence-corrected chi connectivity index (χ3v) is 4.96. The third-order valence-electron chi connectivity index (χ3n) is 4.96. The van der Waals surface area contributed by atoms with Gasteiger partial charge in [0.2, 0.25) is 0 Å². The number of benzene rings is 2. The standard InChI is InChI=1S/C21H25FO/c1-3-23-21-13-12-19(14-20(21)22)18-10-8-17(9-11-18)16-6-4-15(2)5-7-16/h8-16H,3-7H2,1-2H3.